The fourth-order valence-electron chi connectivity index (χ4n) is 3.02. The number of halogens is 5. The highest BCUT2D eigenvalue weighted by Gasteiger charge is 2.19. The predicted molar refractivity (Wildman–Crippen MR) is 115 cm³/mol. The zero-order valence-corrected chi connectivity index (χ0v) is 17.5. The Balaban J connectivity index is 1.37. The lowest BCUT2D eigenvalue weighted by Gasteiger charge is -2.08. The van der Waals surface area contributed by atoms with Crippen LogP contribution in [0.3, 0.4) is 0 Å². The summed E-state index contributed by atoms with van der Waals surface area (Å²) in [5, 5.41) is 14.0. The fraction of sp³-hybridized carbons (Fsp3) is 0.0952. The van der Waals surface area contributed by atoms with Crippen molar-refractivity contribution in [2.45, 2.75) is 13.1 Å². The maximum absolute atomic E-state index is 13.9. The third-order valence-corrected chi connectivity index (χ3v) is 4.78. The standard InChI is InChI=1S/C21H15F5N6S/c22-14-4-2-1-3-12(14)10-31-7-5-17(29-31)27-21(33)28-18-6-8-32(30-18)11-13-19(25)15(23)9-16(24)20(13)26/h1-9H,10-11H2,(H2,27,28,29,30,33). The van der Waals surface area contributed by atoms with Crippen LogP contribution >= 0.6 is 12.2 Å². The minimum absolute atomic E-state index is 0.116. The van der Waals surface area contributed by atoms with Gasteiger partial charge in [0.05, 0.1) is 18.7 Å². The SMILES string of the molecule is Fc1ccccc1Cn1ccc(NC(=S)Nc2ccn(Cc3c(F)c(F)cc(F)c3F)n2)n1. The molecule has 4 rings (SSSR count). The summed E-state index contributed by atoms with van der Waals surface area (Å²) in [6.07, 6.45) is 3.00. The van der Waals surface area contributed by atoms with E-state index in [1.54, 1.807) is 30.5 Å². The summed E-state index contributed by atoms with van der Waals surface area (Å²) < 4.78 is 70.9. The van der Waals surface area contributed by atoms with Crippen molar-refractivity contribution in [2.75, 3.05) is 10.6 Å². The molecule has 0 fully saturated rings. The van der Waals surface area contributed by atoms with Crippen LogP contribution in [0, 0.1) is 29.1 Å². The summed E-state index contributed by atoms with van der Waals surface area (Å²) >= 11 is 5.19. The molecule has 0 atom stereocenters. The first-order valence-corrected chi connectivity index (χ1v) is 9.91. The Morgan fingerprint density at radius 1 is 0.758 bits per heavy atom. The fourth-order valence-corrected chi connectivity index (χ4v) is 3.23. The molecule has 0 aliphatic rings. The van der Waals surface area contributed by atoms with Crippen LogP contribution in [-0.4, -0.2) is 24.7 Å². The Bertz CT molecular complexity index is 1290. The van der Waals surface area contributed by atoms with Gasteiger partial charge in [-0.1, -0.05) is 18.2 Å². The van der Waals surface area contributed by atoms with Gasteiger partial charge in [0.2, 0.25) is 0 Å². The van der Waals surface area contributed by atoms with Gasteiger partial charge in [-0.25, -0.2) is 22.0 Å². The average molecular weight is 478 g/mol. The maximum atomic E-state index is 13.9. The Kier molecular flexibility index (Phi) is 6.36. The van der Waals surface area contributed by atoms with Crippen molar-refractivity contribution in [1.82, 2.24) is 19.6 Å². The summed E-state index contributed by atoms with van der Waals surface area (Å²) in [5.74, 6) is -5.68. The second kappa shape index (κ2) is 9.36. The topological polar surface area (TPSA) is 59.7 Å². The molecule has 0 unspecified atom stereocenters. The molecule has 2 N–H and O–H groups in total. The van der Waals surface area contributed by atoms with Gasteiger partial charge in [-0.05, 0) is 18.3 Å². The highest BCUT2D eigenvalue weighted by Crippen LogP contribution is 2.20. The summed E-state index contributed by atoms with van der Waals surface area (Å²) in [6.45, 7) is -0.304. The van der Waals surface area contributed by atoms with Gasteiger partial charge in [0.25, 0.3) is 0 Å². The Morgan fingerprint density at radius 3 is 1.88 bits per heavy atom. The van der Waals surface area contributed by atoms with E-state index in [1.165, 1.54) is 23.0 Å². The molecule has 4 aromatic rings. The molecule has 170 valence electrons. The average Bonchev–Trinajstić information content (AvgIpc) is 3.40. The quantitative estimate of drug-likeness (QED) is 0.240. The largest absolute Gasteiger partial charge is 0.316 e. The van der Waals surface area contributed by atoms with Gasteiger partial charge in [-0.2, -0.15) is 10.2 Å². The van der Waals surface area contributed by atoms with E-state index in [4.69, 9.17) is 12.2 Å². The van der Waals surface area contributed by atoms with Crippen LogP contribution in [0.2, 0.25) is 0 Å². The second-order valence-corrected chi connectivity index (χ2v) is 7.32. The van der Waals surface area contributed by atoms with E-state index < -0.39 is 35.4 Å². The smallest absolute Gasteiger partial charge is 0.177 e. The normalized spacial score (nSPS) is 10.9. The number of nitrogens with one attached hydrogen (secondary N) is 2. The van der Waals surface area contributed by atoms with Gasteiger partial charge in [-0.15, -0.1) is 0 Å². The van der Waals surface area contributed by atoms with Gasteiger partial charge in [0.15, 0.2) is 40.0 Å². The van der Waals surface area contributed by atoms with Crippen molar-refractivity contribution in [1.29, 1.82) is 0 Å². The monoisotopic (exact) mass is 478 g/mol. The van der Waals surface area contributed by atoms with Gasteiger partial charge >= 0.3 is 0 Å². The Labute approximate surface area is 189 Å². The molecule has 0 amide bonds. The molecule has 2 aromatic heterocycles. The molecule has 0 radical (unpaired) electrons. The number of benzene rings is 2. The van der Waals surface area contributed by atoms with E-state index >= 15 is 0 Å². The zero-order chi connectivity index (χ0) is 23.5. The molecule has 0 bridgehead atoms. The first kappa shape index (κ1) is 22.4. The maximum Gasteiger partial charge on any atom is 0.177 e. The van der Waals surface area contributed by atoms with E-state index in [0.29, 0.717) is 11.4 Å². The highest BCUT2D eigenvalue weighted by molar-refractivity contribution is 7.80. The number of hydrogen-bond donors (Lipinski definition) is 2. The number of hydrogen-bond acceptors (Lipinski definition) is 3. The van der Waals surface area contributed by atoms with Crippen LogP contribution in [0.15, 0.2) is 54.9 Å². The highest BCUT2D eigenvalue weighted by atomic mass is 32.1. The molecule has 0 aliphatic heterocycles. The molecule has 0 aliphatic carbocycles. The lowest BCUT2D eigenvalue weighted by Crippen LogP contribution is -2.20. The van der Waals surface area contributed by atoms with Crippen LogP contribution in [0.25, 0.3) is 0 Å². The van der Waals surface area contributed by atoms with Crippen molar-refractivity contribution >= 4 is 29.0 Å². The van der Waals surface area contributed by atoms with Crippen LogP contribution in [0.4, 0.5) is 33.6 Å². The van der Waals surface area contributed by atoms with E-state index in [2.05, 4.69) is 20.8 Å². The molecule has 2 aromatic carbocycles. The summed E-state index contributed by atoms with van der Waals surface area (Å²) in [5.41, 5.74) is -0.312. The van der Waals surface area contributed by atoms with Crippen LogP contribution in [-0.2, 0) is 13.1 Å². The van der Waals surface area contributed by atoms with Crippen LogP contribution in [0.1, 0.15) is 11.1 Å². The third kappa shape index (κ3) is 5.17. The lowest BCUT2D eigenvalue weighted by molar-refractivity contribution is 0.431. The van der Waals surface area contributed by atoms with Gasteiger partial charge in [0, 0.05) is 36.2 Å². The van der Waals surface area contributed by atoms with Crippen molar-refractivity contribution in [3.8, 4) is 0 Å². The molecule has 33 heavy (non-hydrogen) atoms. The minimum atomic E-state index is -1.49. The molecule has 0 saturated heterocycles. The molecule has 12 heteroatoms. The van der Waals surface area contributed by atoms with Crippen molar-refractivity contribution < 1.29 is 22.0 Å². The minimum Gasteiger partial charge on any atom is -0.316 e. The lowest BCUT2D eigenvalue weighted by atomic mass is 10.2. The van der Waals surface area contributed by atoms with Gasteiger partial charge < -0.3 is 10.6 Å². The van der Waals surface area contributed by atoms with Crippen LogP contribution < -0.4 is 10.6 Å². The number of thiocarbonyl (C=S) groups is 1. The van der Waals surface area contributed by atoms with Crippen molar-refractivity contribution in [3.63, 3.8) is 0 Å². The molecular formula is C21H15F5N6S. The van der Waals surface area contributed by atoms with Gasteiger partial charge in [-0.3, -0.25) is 9.36 Å². The molecule has 0 saturated carbocycles. The first-order chi connectivity index (χ1) is 15.8. The number of rotatable bonds is 6. The van der Waals surface area contributed by atoms with E-state index in [1.807, 2.05) is 0 Å². The molecule has 2 heterocycles. The van der Waals surface area contributed by atoms with Gasteiger partial charge in [0.1, 0.15) is 5.82 Å². The zero-order valence-electron chi connectivity index (χ0n) is 16.7. The van der Waals surface area contributed by atoms with Crippen molar-refractivity contribution in [2.24, 2.45) is 0 Å². The predicted octanol–water partition coefficient (Wildman–Crippen LogP) is 4.68. The van der Waals surface area contributed by atoms with E-state index in [0.717, 1.165) is 4.68 Å². The first-order valence-electron chi connectivity index (χ1n) is 9.50. The molecular weight excluding hydrogens is 463 g/mol. The molecule has 6 nitrogen and oxygen atoms in total. The summed E-state index contributed by atoms with van der Waals surface area (Å²) in [6, 6.07) is 9.59. The summed E-state index contributed by atoms with van der Waals surface area (Å²) in [4.78, 5) is 0. The van der Waals surface area contributed by atoms with Crippen molar-refractivity contribution in [3.05, 3.63) is 95.1 Å². The number of aromatic nitrogens is 4. The van der Waals surface area contributed by atoms with E-state index in [9.17, 15) is 22.0 Å². The number of anilines is 2. The summed E-state index contributed by atoms with van der Waals surface area (Å²) in [7, 11) is 0. The van der Waals surface area contributed by atoms with Crippen LogP contribution in [0.5, 0.6) is 0 Å². The molecule has 0 spiro atoms. The Morgan fingerprint density at radius 2 is 1.30 bits per heavy atom. The number of nitrogens with zero attached hydrogens (tertiary/aromatic N) is 4. The van der Waals surface area contributed by atoms with E-state index in [-0.39, 0.29) is 29.4 Å². The second-order valence-electron chi connectivity index (χ2n) is 6.91. The third-order valence-electron chi connectivity index (χ3n) is 4.58. The Hall–Kier alpha value is -3.80.